The highest BCUT2D eigenvalue weighted by Crippen LogP contribution is 2.22. The van der Waals surface area contributed by atoms with Gasteiger partial charge in [-0.2, -0.15) is 0 Å². The predicted octanol–water partition coefficient (Wildman–Crippen LogP) is 4.22. The fraction of sp³-hybridized carbons (Fsp3) is 1.00. The Morgan fingerprint density at radius 3 is 2.12 bits per heavy atom. The zero-order chi connectivity index (χ0) is 11.9. The topological polar surface area (TPSA) is 0 Å². The standard InChI is InChI=1S/C15H32N/c1-4-5-6-7-8-9-12-16(3)13-10-15(2)11-14-16/h15H,4-14H2,1-3H3/q+1. The lowest BCUT2D eigenvalue weighted by atomic mass is 9.97. The molecule has 1 heterocycles. The van der Waals surface area contributed by atoms with Crippen LogP contribution < -0.4 is 0 Å². The van der Waals surface area contributed by atoms with E-state index in [4.69, 9.17) is 0 Å². The third kappa shape index (κ3) is 5.34. The highest BCUT2D eigenvalue weighted by molar-refractivity contribution is 4.59. The summed E-state index contributed by atoms with van der Waals surface area (Å²) in [6.07, 6.45) is 11.5. The monoisotopic (exact) mass is 226 g/mol. The summed E-state index contributed by atoms with van der Waals surface area (Å²) in [5.41, 5.74) is 0. The van der Waals surface area contributed by atoms with Gasteiger partial charge in [0.1, 0.15) is 0 Å². The number of piperidine rings is 1. The predicted molar refractivity (Wildman–Crippen MR) is 72.6 cm³/mol. The minimum absolute atomic E-state index is 0.982. The first-order chi connectivity index (χ1) is 7.66. The van der Waals surface area contributed by atoms with Gasteiger partial charge >= 0.3 is 0 Å². The molecule has 0 aromatic rings. The van der Waals surface area contributed by atoms with Gasteiger partial charge in [-0.05, 0) is 31.6 Å². The van der Waals surface area contributed by atoms with Gasteiger partial charge in [-0.15, -0.1) is 0 Å². The minimum Gasteiger partial charge on any atom is -0.326 e. The Bertz CT molecular complexity index is 168. The van der Waals surface area contributed by atoms with Gasteiger partial charge in [0.15, 0.2) is 0 Å². The maximum Gasteiger partial charge on any atom is 0.0787 e. The summed E-state index contributed by atoms with van der Waals surface area (Å²) in [5, 5.41) is 0. The second-order valence-electron chi connectivity index (χ2n) is 6.24. The lowest BCUT2D eigenvalue weighted by Gasteiger charge is -2.40. The van der Waals surface area contributed by atoms with Gasteiger partial charge in [-0.25, -0.2) is 0 Å². The Hall–Kier alpha value is -0.0400. The summed E-state index contributed by atoms with van der Waals surface area (Å²) in [7, 11) is 2.47. The van der Waals surface area contributed by atoms with Crippen molar-refractivity contribution in [1.82, 2.24) is 0 Å². The Kier molecular flexibility index (Phi) is 6.41. The molecule has 1 heteroatoms. The van der Waals surface area contributed by atoms with E-state index in [1.165, 1.54) is 75.5 Å². The van der Waals surface area contributed by atoms with Crippen LogP contribution in [-0.4, -0.2) is 31.2 Å². The maximum absolute atomic E-state index is 2.47. The Morgan fingerprint density at radius 2 is 1.50 bits per heavy atom. The number of hydrogen-bond acceptors (Lipinski definition) is 0. The lowest BCUT2D eigenvalue weighted by Crippen LogP contribution is -2.49. The summed E-state index contributed by atoms with van der Waals surface area (Å²) in [6, 6.07) is 0. The third-order valence-electron chi connectivity index (χ3n) is 4.37. The lowest BCUT2D eigenvalue weighted by molar-refractivity contribution is -0.915. The number of quaternary nitrogens is 1. The van der Waals surface area contributed by atoms with Gasteiger partial charge in [0.05, 0.1) is 26.7 Å². The number of nitrogens with zero attached hydrogens (tertiary/aromatic N) is 1. The van der Waals surface area contributed by atoms with Crippen molar-refractivity contribution < 1.29 is 4.48 Å². The van der Waals surface area contributed by atoms with Crippen LogP contribution in [-0.2, 0) is 0 Å². The molecule has 0 saturated carbocycles. The SMILES string of the molecule is CCCCCCCC[N+]1(C)CCC(C)CC1. The van der Waals surface area contributed by atoms with Gasteiger partial charge in [-0.3, -0.25) is 0 Å². The number of unbranched alkanes of at least 4 members (excludes halogenated alkanes) is 5. The summed E-state index contributed by atoms with van der Waals surface area (Å²) in [5.74, 6) is 0.982. The van der Waals surface area contributed by atoms with Crippen LogP contribution in [0, 0.1) is 5.92 Å². The largest absolute Gasteiger partial charge is 0.326 e. The van der Waals surface area contributed by atoms with Crippen molar-refractivity contribution in [3.8, 4) is 0 Å². The molecule has 96 valence electrons. The van der Waals surface area contributed by atoms with Crippen LogP contribution in [0.3, 0.4) is 0 Å². The van der Waals surface area contributed by atoms with Crippen molar-refractivity contribution in [3.05, 3.63) is 0 Å². The summed E-state index contributed by atoms with van der Waals surface area (Å²) in [6.45, 7) is 8.99. The van der Waals surface area contributed by atoms with Crippen LogP contribution in [0.4, 0.5) is 0 Å². The van der Waals surface area contributed by atoms with Crippen molar-refractivity contribution in [3.63, 3.8) is 0 Å². The van der Waals surface area contributed by atoms with E-state index in [0.717, 1.165) is 5.92 Å². The van der Waals surface area contributed by atoms with Crippen LogP contribution in [0.25, 0.3) is 0 Å². The molecule has 0 unspecified atom stereocenters. The first-order valence-electron chi connectivity index (χ1n) is 7.50. The quantitative estimate of drug-likeness (QED) is 0.450. The van der Waals surface area contributed by atoms with E-state index < -0.39 is 0 Å². The Balaban J connectivity index is 2.03. The van der Waals surface area contributed by atoms with Crippen molar-refractivity contribution in [2.24, 2.45) is 5.92 Å². The molecule has 1 aliphatic rings. The molecule has 0 radical (unpaired) electrons. The third-order valence-corrected chi connectivity index (χ3v) is 4.37. The van der Waals surface area contributed by atoms with Crippen LogP contribution in [0.1, 0.15) is 65.2 Å². The molecule has 0 N–H and O–H groups in total. The molecule has 0 aromatic heterocycles. The average molecular weight is 226 g/mol. The maximum atomic E-state index is 2.47. The van der Waals surface area contributed by atoms with E-state index >= 15 is 0 Å². The average Bonchev–Trinajstić information content (AvgIpc) is 2.28. The van der Waals surface area contributed by atoms with Gasteiger partial charge in [0.25, 0.3) is 0 Å². The Morgan fingerprint density at radius 1 is 0.938 bits per heavy atom. The molecule has 0 atom stereocenters. The Labute approximate surface area is 103 Å². The second kappa shape index (κ2) is 7.32. The highest BCUT2D eigenvalue weighted by atomic mass is 15.3. The smallest absolute Gasteiger partial charge is 0.0787 e. The van der Waals surface area contributed by atoms with Crippen molar-refractivity contribution in [1.29, 1.82) is 0 Å². The summed E-state index contributed by atoms with van der Waals surface area (Å²) < 4.78 is 1.36. The fourth-order valence-electron chi connectivity index (χ4n) is 2.82. The molecule has 16 heavy (non-hydrogen) atoms. The number of likely N-dealkylation sites (tertiary alicyclic amines) is 1. The zero-order valence-corrected chi connectivity index (χ0v) is 11.8. The second-order valence-corrected chi connectivity index (χ2v) is 6.24. The van der Waals surface area contributed by atoms with Crippen molar-refractivity contribution in [2.75, 3.05) is 26.7 Å². The minimum atomic E-state index is 0.982. The molecule has 0 aromatic carbocycles. The molecule has 0 amide bonds. The first kappa shape index (κ1) is 14.0. The highest BCUT2D eigenvalue weighted by Gasteiger charge is 2.27. The van der Waals surface area contributed by atoms with E-state index in [1.54, 1.807) is 0 Å². The van der Waals surface area contributed by atoms with Crippen LogP contribution in [0.5, 0.6) is 0 Å². The van der Waals surface area contributed by atoms with Crippen LogP contribution in [0.2, 0.25) is 0 Å². The van der Waals surface area contributed by atoms with Gasteiger partial charge in [0.2, 0.25) is 0 Å². The molecule has 1 rings (SSSR count). The van der Waals surface area contributed by atoms with Crippen LogP contribution in [0.15, 0.2) is 0 Å². The summed E-state index contributed by atoms with van der Waals surface area (Å²) >= 11 is 0. The van der Waals surface area contributed by atoms with Crippen molar-refractivity contribution >= 4 is 0 Å². The van der Waals surface area contributed by atoms with Gasteiger partial charge in [0, 0.05) is 0 Å². The van der Waals surface area contributed by atoms with Crippen molar-refractivity contribution in [2.45, 2.75) is 65.2 Å². The number of rotatable bonds is 7. The van der Waals surface area contributed by atoms with E-state index in [9.17, 15) is 0 Å². The molecule has 1 fully saturated rings. The van der Waals surface area contributed by atoms with E-state index in [-0.39, 0.29) is 0 Å². The molecular formula is C15H32N+. The zero-order valence-electron chi connectivity index (χ0n) is 11.8. The van der Waals surface area contributed by atoms with Crippen LogP contribution >= 0.6 is 0 Å². The summed E-state index contributed by atoms with van der Waals surface area (Å²) in [4.78, 5) is 0. The number of hydrogen-bond donors (Lipinski definition) is 0. The molecule has 0 spiro atoms. The normalized spacial score (nSPS) is 30.6. The first-order valence-corrected chi connectivity index (χ1v) is 7.50. The fourth-order valence-corrected chi connectivity index (χ4v) is 2.82. The van der Waals surface area contributed by atoms with E-state index in [0.29, 0.717) is 0 Å². The molecule has 1 nitrogen and oxygen atoms in total. The van der Waals surface area contributed by atoms with Gasteiger partial charge in [-0.1, -0.05) is 39.5 Å². The molecule has 0 aliphatic carbocycles. The molecular weight excluding hydrogens is 194 g/mol. The molecule has 0 bridgehead atoms. The van der Waals surface area contributed by atoms with E-state index in [1.807, 2.05) is 0 Å². The van der Waals surface area contributed by atoms with E-state index in [2.05, 4.69) is 20.9 Å². The van der Waals surface area contributed by atoms with Gasteiger partial charge < -0.3 is 4.48 Å². The molecule has 1 aliphatic heterocycles. The molecule has 1 saturated heterocycles.